The van der Waals surface area contributed by atoms with Gasteiger partial charge in [-0.3, -0.25) is 0 Å². The smallest absolute Gasteiger partial charge is 0.332 e. The standard InChI is InChI=1S/C24H38O3/c25-23(24(26)27)21-17-12-10-8-6-4-2-1-3-5-7-9-11-14-18-22-19-15-13-16-20-22/h2,4,13,15-16,19-20,23,25H,1,3,5-12,14,17-18,21H2,(H,26,27)/b4-2-. The lowest BCUT2D eigenvalue weighted by Gasteiger charge is -2.04. The highest BCUT2D eigenvalue weighted by atomic mass is 16.4. The lowest BCUT2D eigenvalue weighted by Crippen LogP contribution is -2.18. The maximum Gasteiger partial charge on any atom is 0.332 e. The minimum Gasteiger partial charge on any atom is -0.479 e. The molecule has 2 N–H and O–H groups in total. The van der Waals surface area contributed by atoms with Crippen molar-refractivity contribution in [3.05, 3.63) is 48.0 Å². The van der Waals surface area contributed by atoms with Crippen molar-refractivity contribution in [2.45, 2.75) is 96.0 Å². The zero-order chi connectivity index (χ0) is 19.6. The van der Waals surface area contributed by atoms with E-state index in [9.17, 15) is 4.79 Å². The summed E-state index contributed by atoms with van der Waals surface area (Å²) in [5.41, 5.74) is 1.46. The normalized spacial score (nSPS) is 12.5. The van der Waals surface area contributed by atoms with Crippen molar-refractivity contribution in [1.82, 2.24) is 0 Å². The van der Waals surface area contributed by atoms with Crippen LogP contribution in [-0.4, -0.2) is 22.3 Å². The number of aryl methyl sites for hydroxylation is 1. The average Bonchev–Trinajstić information content (AvgIpc) is 2.68. The molecule has 0 spiro atoms. The van der Waals surface area contributed by atoms with Crippen molar-refractivity contribution in [1.29, 1.82) is 0 Å². The molecule has 0 bridgehead atoms. The van der Waals surface area contributed by atoms with Crippen molar-refractivity contribution >= 4 is 5.97 Å². The van der Waals surface area contributed by atoms with Gasteiger partial charge in [-0.1, -0.05) is 87.4 Å². The molecular weight excluding hydrogens is 336 g/mol. The molecular formula is C24H38O3. The van der Waals surface area contributed by atoms with Crippen molar-refractivity contribution in [3.8, 4) is 0 Å². The highest BCUT2D eigenvalue weighted by Gasteiger charge is 2.11. The van der Waals surface area contributed by atoms with Crippen LogP contribution in [0.15, 0.2) is 42.5 Å². The second-order valence-corrected chi connectivity index (χ2v) is 7.46. The second-order valence-electron chi connectivity index (χ2n) is 7.46. The summed E-state index contributed by atoms with van der Waals surface area (Å²) in [6.45, 7) is 0. The van der Waals surface area contributed by atoms with E-state index in [4.69, 9.17) is 10.2 Å². The van der Waals surface area contributed by atoms with Crippen LogP contribution in [0.5, 0.6) is 0 Å². The Kier molecular flexibility index (Phi) is 14.4. The molecule has 0 fully saturated rings. The van der Waals surface area contributed by atoms with E-state index in [0.717, 1.165) is 32.1 Å². The maximum atomic E-state index is 10.5. The molecule has 3 heteroatoms. The molecule has 1 rings (SSSR count). The van der Waals surface area contributed by atoms with Crippen molar-refractivity contribution < 1.29 is 15.0 Å². The highest BCUT2D eigenvalue weighted by molar-refractivity contribution is 5.71. The van der Waals surface area contributed by atoms with Crippen LogP contribution < -0.4 is 0 Å². The Bertz CT molecular complexity index is 496. The molecule has 0 amide bonds. The molecule has 27 heavy (non-hydrogen) atoms. The molecule has 1 aromatic rings. The maximum absolute atomic E-state index is 10.5. The molecule has 0 radical (unpaired) electrons. The molecule has 3 nitrogen and oxygen atoms in total. The first-order chi connectivity index (χ1) is 13.2. The van der Waals surface area contributed by atoms with Crippen molar-refractivity contribution in [3.63, 3.8) is 0 Å². The fourth-order valence-corrected chi connectivity index (χ4v) is 3.26. The fourth-order valence-electron chi connectivity index (χ4n) is 3.26. The van der Waals surface area contributed by atoms with Gasteiger partial charge >= 0.3 is 5.97 Å². The number of aliphatic hydroxyl groups is 1. The van der Waals surface area contributed by atoms with Gasteiger partial charge in [0.25, 0.3) is 0 Å². The number of hydrogen-bond acceptors (Lipinski definition) is 2. The number of rotatable bonds is 17. The summed E-state index contributed by atoms with van der Waals surface area (Å²) < 4.78 is 0. The zero-order valence-corrected chi connectivity index (χ0v) is 16.8. The predicted molar refractivity (Wildman–Crippen MR) is 113 cm³/mol. The van der Waals surface area contributed by atoms with Gasteiger partial charge in [0, 0.05) is 0 Å². The lowest BCUT2D eigenvalue weighted by molar-refractivity contribution is -0.146. The molecule has 0 aliphatic carbocycles. The lowest BCUT2D eigenvalue weighted by atomic mass is 10.0. The first-order valence-electron chi connectivity index (χ1n) is 10.8. The van der Waals surface area contributed by atoms with Gasteiger partial charge < -0.3 is 10.2 Å². The monoisotopic (exact) mass is 374 g/mol. The number of carbonyl (C=O) groups is 1. The molecule has 0 saturated heterocycles. The third-order valence-electron chi connectivity index (χ3n) is 4.98. The SMILES string of the molecule is O=C(O)C(O)CCCCCC/C=C\CCCCCCCCc1ccccc1. The van der Waals surface area contributed by atoms with Gasteiger partial charge in [-0.05, 0) is 50.5 Å². The Morgan fingerprint density at radius 3 is 1.89 bits per heavy atom. The number of aliphatic carboxylic acids is 1. The Morgan fingerprint density at radius 1 is 0.778 bits per heavy atom. The minimum atomic E-state index is -1.19. The van der Waals surface area contributed by atoms with Gasteiger partial charge in [0.2, 0.25) is 0 Å². The average molecular weight is 375 g/mol. The highest BCUT2D eigenvalue weighted by Crippen LogP contribution is 2.12. The summed E-state index contributed by atoms with van der Waals surface area (Å²) >= 11 is 0. The van der Waals surface area contributed by atoms with E-state index in [1.165, 1.54) is 56.9 Å². The van der Waals surface area contributed by atoms with Crippen LogP contribution in [0.4, 0.5) is 0 Å². The summed E-state index contributed by atoms with van der Waals surface area (Å²) in [4.78, 5) is 10.5. The van der Waals surface area contributed by atoms with Crippen LogP contribution in [-0.2, 0) is 11.2 Å². The van der Waals surface area contributed by atoms with Gasteiger partial charge in [-0.15, -0.1) is 0 Å². The largest absolute Gasteiger partial charge is 0.479 e. The van der Waals surface area contributed by atoms with Crippen molar-refractivity contribution in [2.24, 2.45) is 0 Å². The van der Waals surface area contributed by atoms with E-state index in [1.54, 1.807) is 0 Å². The number of carboxylic acid groups (broad SMARTS) is 1. The third kappa shape index (κ3) is 14.2. The Balaban J connectivity index is 1.78. The molecule has 152 valence electrons. The van der Waals surface area contributed by atoms with E-state index < -0.39 is 12.1 Å². The van der Waals surface area contributed by atoms with Gasteiger partial charge in [0.1, 0.15) is 0 Å². The summed E-state index contributed by atoms with van der Waals surface area (Å²) in [6, 6.07) is 10.8. The molecule has 0 heterocycles. The zero-order valence-electron chi connectivity index (χ0n) is 16.8. The molecule has 1 atom stereocenters. The first kappa shape index (κ1) is 23.4. The summed E-state index contributed by atoms with van der Waals surface area (Å²) in [5.74, 6) is -1.11. The topological polar surface area (TPSA) is 57.5 Å². The Hall–Kier alpha value is -1.61. The van der Waals surface area contributed by atoms with Crippen LogP contribution in [0.2, 0.25) is 0 Å². The minimum absolute atomic E-state index is 0.372. The Morgan fingerprint density at radius 2 is 1.30 bits per heavy atom. The van der Waals surface area contributed by atoms with E-state index in [0.29, 0.717) is 6.42 Å². The number of hydrogen-bond donors (Lipinski definition) is 2. The fraction of sp³-hybridized carbons (Fsp3) is 0.625. The van der Waals surface area contributed by atoms with Gasteiger partial charge in [-0.2, -0.15) is 0 Å². The van der Waals surface area contributed by atoms with E-state index in [1.807, 2.05) is 0 Å². The van der Waals surface area contributed by atoms with Gasteiger partial charge in [0.05, 0.1) is 0 Å². The molecule has 0 aliphatic rings. The van der Waals surface area contributed by atoms with E-state index >= 15 is 0 Å². The molecule has 0 saturated carbocycles. The number of unbranched alkanes of at least 4 members (excludes halogenated alkanes) is 10. The summed E-state index contributed by atoms with van der Waals surface area (Å²) in [5, 5.41) is 17.7. The number of carboxylic acids is 1. The quantitative estimate of drug-likeness (QED) is 0.248. The van der Waals surface area contributed by atoms with Crippen LogP contribution in [0, 0.1) is 0 Å². The number of benzene rings is 1. The van der Waals surface area contributed by atoms with Crippen LogP contribution in [0.25, 0.3) is 0 Å². The number of aliphatic hydroxyl groups excluding tert-OH is 1. The molecule has 0 aromatic heterocycles. The van der Waals surface area contributed by atoms with Crippen LogP contribution in [0.1, 0.15) is 89.0 Å². The van der Waals surface area contributed by atoms with Crippen LogP contribution >= 0.6 is 0 Å². The summed E-state index contributed by atoms with van der Waals surface area (Å²) in [7, 11) is 0. The molecule has 1 aromatic carbocycles. The van der Waals surface area contributed by atoms with E-state index in [-0.39, 0.29) is 0 Å². The molecule has 1 unspecified atom stereocenters. The summed E-state index contributed by atoms with van der Waals surface area (Å²) in [6.07, 6.45) is 19.3. The Labute approximate surface area is 165 Å². The van der Waals surface area contributed by atoms with Crippen molar-refractivity contribution in [2.75, 3.05) is 0 Å². The first-order valence-corrected chi connectivity index (χ1v) is 10.8. The van der Waals surface area contributed by atoms with Gasteiger partial charge in [0.15, 0.2) is 6.10 Å². The van der Waals surface area contributed by atoms with E-state index in [2.05, 4.69) is 42.5 Å². The third-order valence-corrected chi connectivity index (χ3v) is 4.98. The predicted octanol–water partition coefficient (Wildman–Crippen LogP) is 6.30. The molecule has 0 aliphatic heterocycles. The van der Waals surface area contributed by atoms with Crippen LogP contribution in [0.3, 0.4) is 0 Å². The number of allylic oxidation sites excluding steroid dienone is 2. The van der Waals surface area contributed by atoms with Gasteiger partial charge in [-0.25, -0.2) is 4.79 Å². The second kappa shape index (κ2) is 16.6.